The number of methoxy groups -OCH3 is 1. The first kappa shape index (κ1) is 18.7. The topological polar surface area (TPSA) is 80.3 Å². The summed E-state index contributed by atoms with van der Waals surface area (Å²) in [7, 11) is -2.20. The molecule has 140 valence electrons. The van der Waals surface area contributed by atoms with Crippen molar-refractivity contribution in [1.29, 1.82) is 0 Å². The molecular formula is C20H21N3O3S. The lowest BCUT2D eigenvalue weighted by Gasteiger charge is -2.12. The van der Waals surface area contributed by atoms with Crippen molar-refractivity contribution in [2.75, 3.05) is 17.1 Å². The molecule has 0 saturated heterocycles. The molecule has 0 atom stereocenters. The molecule has 0 saturated carbocycles. The Bertz CT molecular complexity index is 1050. The molecule has 2 aromatic carbocycles. The van der Waals surface area contributed by atoms with Crippen molar-refractivity contribution in [2.45, 2.75) is 18.7 Å². The van der Waals surface area contributed by atoms with Crippen molar-refractivity contribution in [1.82, 2.24) is 4.98 Å². The van der Waals surface area contributed by atoms with Crippen LogP contribution in [0.15, 0.2) is 65.7 Å². The van der Waals surface area contributed by atoms with E-state index < -0.39 is 10.0 Å². The fourth-order valence-corrected chi connectivity index (χ4v) is 3.90. The minimum Gasteiger partial charge on any atom is -0.497 e. The number of aryl methyl sites for hydroxylation is 2. The molecule has 1 heterocycles. The van der Waals surface area contributed by atoms with Gasteiger partial charge in [0.15, 0.2) is 0 Å². The fraction of sp³-hybridized carbons (Fsp3) is 0.150. The molecule has 2 N–H and O–H groups in total. The van der Waals surface area contributed by atoms with Gasteiger partial charge in [-0.05, 0) is 67.4 Å². The standard InChI is InChI=1S/C20H21N3O3S/c1-14-5-4-6-16(11-14)22-17-7-10-20(21-13-17)23-27(24,25)19-9-8-18(26-3)12-15(19)2/h4-13,22H,1-3H3,(H,21,23). The molecule has 0 aliphatic carbocycles. The smallest absolute Gasteiger partial charge is 0.263 e. The normalized spacial score (nSPS) is 11.1. The van der Waals surface area contributed by atoms with E-state index in [1.165, 1.54) is 13.2 Å². The highest BCUT2D eigenvalue weighted by atomic mass is 32.2. The number of benzene rings is 2. The highest BCUT2D eigenvalue weighted by Crippen LogP contribution is 2.23. The van der Waals surface area contributed by atoms with Gasteiger partial charge in [-0.3, -0.25) is 4.72 Å². The number of nitrogens with one attached hydrogen (secondary N) is 2. The highest BCUT2D eigenvalue weighted by molar-refractivity contribution is 7.92. The number of pyridine rings is 1. The summed E-state index contributed by atoms with van der Waals surface area (Å²) in [5, 5.41) is 3.23. The molecule has 0 aliphatic heterocycles. The van der Waals surface area contributed by atoms with Crippen LogP contribution in [0.3, 0.4) is 0 Å². The summed E-state index contributed by atoms with van der Waals surface area (Å²) in [5.74, 6) is 0.858. The van der Waals surface area contributed by atoms with E-state index in [1.54, 1.807) is 37.4 Å². The van der Waals surface area contributed by atoms with E-state index in [9.17, 15) is 8.42 Å². The highest BCUT2D eigenvalue weighted by Gasteiger charge is 2.18. The summed E-state index contributed by atoms with van der Waals surface area (Å²) in [6, 6.07) is 16.2. The Morgan fingerprint density at radius 2 is 1.78 bits per heavy atom. The Labute approximate surface area is 159 Å². The van der Waals surface area contributed by atoms with Crippen LogP contribution in [-0.4, -0.2) is 20.5 Å². The molecule has 3 rings (SSSR count). The molecule has 27 heavy (non-hydrogen) atoms. The number of hydrogen-bond acceptors (Lipinski definition) is 5. The number of ether oxygens (including phenoxy) is 1. The molecule has 7 heteroatoms. The lowest BCUT2D eigenvalue weighted by atomic mass is 10.2. The van der Waals surface area contributed by atoms with Crippen molar-refractivity contribution in [3.05, 3.63) is 71.9 Å². The van der Waals surface area contributed by atoms with Gasteiger partial charge in [0.25, 0.3) is 10.0 Å². The Morgan fingerprint density at radius 3 is 2.41 bits per heavy atom. The van der Waals surface area contributed by atoms with Gasteiger partial charge in [0.05, 0.1) is 23.9 Å². The van der Waals surface area contributed by atoms with Crippen molar-refractivity contribution < 1.29 is 13.2 Å². The summed E-state index contributed by atoms with van der Waals surface area (Å²) in [5.41, 5.74) is 3.45. The van der Waals surface area contributed by atoms with Crippen LogP contribution in [0, 0.1) is 13.8 Å². The van der Waals surface area contributed by atoms with Gasteiger partial charge in [0, 0.05) is 5.69 Å². The number of sulfonamides is 1. The van der Waals surface area contributed by atoms with E-state index >= 15 is 0 Å². The first-order chi connectivity index (χ1) is 12.9. The summed E-state index contributed by atoms with van der Waals surface area (Å²) >= 11 is 0. The van der Waals surface area contributed by atoms with Gasteiger partial charge in [-0.2, -0.15) is 0 Å². The van der Waals surface area contributed by atoms with E-state index in [0.29, 0.717) is 11.3 Å². The van der Waals surface area contributed by atoms with Crippen LogP contribution < -0.4 is 14.8 Å². The van der Waals surface area contributed by atoms with Crippen LogP contribution >= 0.6 is 0 Å². The first-order valence-corrected chi connectivity index (χ1v) is 9.83. The fourth-order valence-electron chi connectivity index (χ4n) is 2.66. The number of anilines is 3. The minimum atomic E-state index is -3.73. The molecular weight excluding hydrogens is 362 g/mol. The molecule has 0 amide bonds. The maximum absolute atomic E-state index is 12.6. The Balaban J connectivity index is 1.75. The van der Waals surface area contributed by atoms with Gasteiger partial charge in [0.2, 0.25) is 0 Å². The zero-order valence-corrected chi connectivity index (χ0v) is 16.2. The second-order valence-electron chi connectivity index (χ2n) is 6.16. The van der Waals surface area contributed by atoms with Gasteiger partial charge in [-0.1, -0.05) is 12.1 Å². The van der Waals surface area contributed by atoms with Crippen molar-refractivity contribution in [3.63, 3.8) is 0 Å². The van der Waals surface area contributed by atoms with Gasteiger partial charge in [0.1, 0.15) is 11.6 Å². The van der Waals surface area contributed by atoms with Crippen LogP contribution in [0.2, 0.25) is 0 Å². The zero-order valence-electron chi connectivity index (χ0n) is 15.4. The Kier molecular flexibility index (Phi) is 5.32. The molecule has 3 aromatic rings. The zero-order chi connectivity index (χ0) is 19.4. The monoisotopic (exact) mass is 383 g/mol. The van der Waals surface area contributed by atoms with E-state index in [2.05, 4.69) is 15.0 Å². The second kappa shape index (κ2) is 7.67. The maximum atomic E-state index is 12.6. The van der Waals surface area contributed by atoms with Gasteiger partial charge >= 0.3 is 0 Å². The summed E-state index contributed by atoms with van der Waals surface area (Å²) in [6.45, 7) is 3.74. The number of nitrogens with zero attached hydrogens (tertiary/aromatic N) is 1. The van der Waals surface area contributed by atoms with Crippen LogP contribution in [-0.2, 0) is 10.0 Å². The molecule has 1 aromatic heterocycles. The van der Waals surface area contributed by atoms with Crippen molar-refractivity contribution in [2.24, 2.45) is 0 Å². The van der Waals surface area contributed by atoms with Crippen molar-refractivity contribution >= 4 is 27.2 Å². The van der Waals surface area contributed by atoms with Gasteiger partial charge < -0.3 is 10.1 Å². The first-order valence-electron chi connectivity index (χ1n) is 8.34. The third kappa shape index (κ3) is 4.57. The molecule has 0 spiro atoms. The lowest BCUT2D eigenvalue weighted by molar-refractivity contribution is 0.414. The third-order valence-electron chi connectivity index (χ3n) is 3.98. The average Bonchev–Trinajstić information content (AvgIpc) is 2.63. The van der Waals surface area contributed by atoms with Crippen molar-refractivity contribution in [3.8, 4) is 5.75 Å². The molecule has 0 aliphatic rings. The summed E-state index contributed by atoms with van der Waals surface area (Å²) in [6.07, 6.45) is 1.58. The third-order valence-corrected chi connectivity index (χ3v) is 5.50. The Morgan fingerprint density at radius 1 is 0.963 bits per heavy atom. The Hall–Kier alpha value is -3.06. The van der Waals surface area contributed by atoms with E-state index in [-0.39, 0.29) is 10.7 Å². The molecule has 0 unspecified atom stereocenters. The van der Waals surface area contributed by atoms with Gasteiger partial charge in [-0.25, -0.2) is 13.4 Å². The average molecular weight is 383 g/mol. The van der Waals surface area contributed by atoms with Crippen LogP contribution in [0.1, 0.15) is 11.1 Å². The number of hydrogen-bond donors (Lipinski definition) is 2. The maximum Gasteiger partial charge on any atom is 0.263 e. The predicted molar refractivity (Wildman–Crippen MR) is 107 cm³/mol. The van der Waals surface area contributed by atoms with E-state index in [4.69, 9.17) is 4.74 Å². The lowest BCUT2D eigenvalue weighted by Crippen LogP contribution is -2.15. The summed E-state index contributed by atoms with van der Waals surface area (Å²) < 4.78 is 32.9. The SMILES string of the molecule is COc1ccc(S(=O)(=O)Nc2ccc(Nc3cccc(C)c3)cn2)c(C)c1. The number of rotatable bonds is 6. The largest absolute Gasteiger partial charge is 0.497 e. The second-order valence-corrected chi connectivity index (χ2v) is 7.81. The molecule has 0 bridgehead atoms. The molecule has 0 radical (unpaired) electrons. The molecule has 6 nitrogen and oxygen atoms in total. The quantitative estimate of drug-likeness (QED) is 0.665. The minimum absolute atomic E-state index is 0.187. The molecule has 0 fully saturated rings. The van der Waals surface area contributed by atoms with Crippen LogP contribution in [0.5, 0.6) is 5.75 Å². The summed E-state index contributed by atoms with van der Waals surface area (Å²) in [4.78, 5) is 4.38. The van der Waals surface area contributed by atoms with Crippen LogP contribution in [0.4, 0.5) is 17.2 Å². The van der Waals surface area contributed by atoms with Crippen LogP contribution in [0.25, 0.3) is 0 Å². The van der Waals surface area contributed by atoms with Gasteiger partial charge in [-0.15, -0.1) is 0 Å². The number of aromatic nitrogens is 1. The predicted octanol–water partition coefficient (Wildman–Crippen LogP) is 4.25. The van der Waals surface area contributed by atoms with E-state index in [0.717, 1.165) is 16.9 Å². The van der Waals surface area contributed by atoms with E-state index in [1.807, 2.05) is 31.2 Å².